The van der Waals surface area contributed by atoms with E-state index < -0.39 is 5.91 Å². The van der Waals surface area contributed by atoms with Crippen LogP contribution in [0.4, 0.5) is 0 Å². The summed E-state index contributed by atoms with van der Waals surface area (Å²) >= 11 is 0. The molecule has 0 aliphatic carbocycles. The Balaban J connectivity index is 1.68. The fourth-order valence-corrected chi connectivity index (χ4v) is 2.88. The molecule has 0 saturated heterocycles. The lowest BCUT2D eigenvalue weighted by Crippen LogP contribution is -2.23. The third-order valence-electron chi connectivity index (χ3n) is 4.38. The Bertz CT molecular complexity index is 996. The minimum absolute atomic E-state index is 0.0174. The van der Waals surface area contributed by atoms with E-state index in [0.717, 1.165) is 5.56 Å². The number of amides is 1. The fourth-order valence-electron chi connectivity index (χ4n) is 2.88. The number of nitrogens with zero attached hydrogens (tertiary/aromatic N) is 1. The molecule has 162 valence electrons. The minimum Gasteiger partial charge on any atom is -0.490 e. The Labute approximate surface area is 180 Å². The van der Waals surface area contributed by atoms with Crippen molar-refractivity contribution in [2.45, 2.75) is 13.5 Å². The van der Waals surface area contributed by atoms with E-state index in [-0.39, 0.29) is 18.9 Å². The number of hydrogen-bond donors (Lipinski definition) is 1. The molecule has 1 aliphatic heterocycles. The average Bonchev–Trinajstić information content (AvgIpc) is 3.25. The SMILES string of the molecule is CCOc1cc(/C=C(\C#N)C(=O)NCc2ccc3c(c2)OCO3)ccc1OCCOC. The highest BCUT2D eigenvalue weighted by atomic mass is 16.7. The summed E-state index contributed by atoms with van der Waals surface area (Å²) in [6.07, 6.45) is 1.51. The van der Waals surface area contributed by atoms with Crippen LogP contribution < -0.4 is 24.3 Å². The second-order valence-electron chi connectivity index (χ2n) is 6.52. The van der Waals surface area contributed by atoms with Crippen molar-refractivity contribution in [2.24, 2.45) is 0 Å². The Morgan fingerprint density at radius 1 is 1.13 bits per heavy atom. The Hall–Kier alpha value is -3.70. The molecular weight excluding hydrogens is 400 g/mol. The fraction of sp³-hybridized carbons (Fsp3) is 0.304. The molecular formula is C23H24N2O6. The molecule has 8 nitrogen and oxygen atoms in total. The number of fused-ring (bicyclic) bond motifs is 1. The van der Waals surface area contributed by atoms with Gasteiger partial charge in [-0.05, 0) is 48.4 Å². The summed E-state index contributed by atoms with van der Waals surface area (Å²) in [7, 11) is 1.60. The van der Waals surface area contributed by atoms with Crippen LogP contribution in [0.3, 0.4) is 0 Å². The summed E-state index contributed by atoms with van der Waals surface area (Å²) in [5, 5.41) is 12.2. The third-order valence-corrected chi connectivity index (χ3v) is 4.38. The quantitative estimate of drug-likeness (QED) is 0.355. The zero-order valence-electron chi connectivity index (χ0n) is 17.5. The van der Waals surface area contributed by atoms with E-state index in [0.29, 0.717) is 48.4 Å². The molecule has 2 aromatic rings. The van der Waals surface area contributed by atoms with Gasteiger partial charge >= 0.3 is 0 Å². The first kappa shape index (κ1) is 22.0. The maximum absolute atomic E-state index is 12.5. The number of nitrogens with one attached hydrogen (secondary N) is 1. The van der Waals surface area contributed by atoms with Crippen molar-refractivity contribution in [3.05, 3.63) is 53.1 Å². The van der Waals surface area contributed by atoms with Gasteiger partial charge in [-0.3, -0.25) is 4.79 Å². The number of ether oxygens (including phenoxy) is 5. The molecule has 31 heavy (non-hydrogen) atoms. The first-order valence-corrected chi connectivity index (χ1v) is 9.81. The molecule has 0 saturated carbocycles. The summed E-state index contributed by atoms with van der Waals surface area (Å²) in [6.45, 7) is 3.60. The van der Waals surface area contributed by atoms with Crippen LogP contribution in [-0.4, -0.2) is 39.6 Å². The van der Waals surface area contributed by atoms with Crippen LogP contribution in [0.25, 0.3) is 6.08 Å². The van der Waals surface area contributed by atoms with Gasteiger partial charge in [0.15, 0.2) is 23.0 Å². The molecule has 0 spiro atoms. The predicted octanol–water partition coefficient (Wildman–Crippen LogP) is 3.06. The normalized spacial score (nSPS) is 12.2. The van der Waals surface area contributed by atoms with Crippen molar-refractivity contribution in [1.29, 1.82) is 5.26 Å². The molecule has 0 bridgehead atoms. The van der Waals surface area contributed by atoms with Crippen LogP contribution in [0, 0.1) is 11.3 Å². The van der Waals surface area contributed by atoms with Gasteiger partial charge in [0.2, 0.25) is 6.79 Å². The number of carbonyl (C=O) groups excluding carboxylic acids is 1. The number of methoxy groups -OCH3 is 1. The van der Waals surface area contributed by atoms with E-state index in [1.807, 2.05) is 19.1 Å². The number of benzene rings is 2. The molecule has 1 N–H and O–H groups in total. The molecule has 0 atom stereocenters. The molecule has 8 heteroatoms. The molecule has 3 rings (SSSR count). The van der Waals surface area contributed by atoms with Crippen molar-refractivity contribution >= 4 is 12.0 Å². The zero-order chi connectivity index (χ0) is 22.1. The summed E-state index contributed by atoms with van der Waals surface area (Å²) in [5.41, 5.74) is 1.47. The van der Waals surface area contributed by atoms with Crippen LogP contribution in [0.2, 0.25) is 0 Å². The van der Waals surface area contributed by atoms with Crippen LogP contribution in [0.1, 0.15) is 18.1 Å². The summed E-state index contributed by atoms with van der Waals surface area (Å²) < 4.78 is 26.9. The summed E-state index contributed by atoms with van der Waals surface area (Å²) in [6, 6.07) is 12.6. The van der Waals surface area contributed by atoms with Gasteiger partial charge in [-0.15, -0.1) is 0 Å². The maximum atomic E-state index is 12.5. The van der Waals surface area contributed by atoms with Gasteiger partial charge in [0.25, 0.3) is 5.91 Å². The van der Waals surface area contributed by atoms with Crippen molar-refractivity contribution in [2.75, 3.05) is 33.7 Å². The topological polar surface area (TPSA) is 99.0 Å². The highest BCUT2D eigenvalue weighted by Gasteiger charge is 2.15. The molecule has 0 aromatic heterocycles. The van der Waals surface area contributed by atoms with Crippen molar-refractivity contribution < 1.29 is 28.5 Å². The van der Waals surface area contributed by atoms with Crippen molar-refractivity contribution in [1.82, 2.24) is 5.32 Å². The maximum Gasteiger partial charge on any atom is 0.262 e. The van der Waals surface area contributed by atoms with Gasteiger partial charge in [-0.1, -0.05) is 12.1 Å². The van der Waals surface area contributed by atoms with Gasteiger partial charge in [0.05, 0.1) is 13.2 Å². The van der Waals surface area contributed by atoms with Gasteiger partial charge in [-0.2, -0.15) is 5.26 Å². The highest BCUT2D eigenvalue weighted by Crippen LogP contribution is 2.32. The van der Waals surface area contributed by atoms with E-state index in [9.17, 15) is 10.1 Å². The van der Waals surface area contributed by atoms with Gasteiger partial charge < -0.3 is 29.0 Å². The number of nitriles is 1. The minimum atomic E-state index is -0.474. The summed E-state index contributed by atoms with van der Waals surface area (Å²) in [5.74, 6) is 1.94. The smallest absolute Gasteiger partial charge is 0.262 e. The third kappa shape index (κ3) is 5.90. The Morgan fingerprint density at radius 2 is 1.97 bits per heavy atom. The van der Waals surface area contributed by atoms with Gasteiger partial charge in [-0.25, -0.2) is 0 Å². The molecule has 1 aliphatic rings. The zero-order valence-corrected chi connectivity index (χ0v) is 17.5. The van der Waals surface area contributed by atoms with Gasteiger partial charge in [0, 0.05) is 13.7 Å². The Morgan fingerprint density at radius 3 is 2.74 bits per heavy atom. The average molecular weight is 424 g/mol. The molecule has 0 unspecified atom stereocenters. The second-order valence-corrected chi connectivity index (χ2v) is 6.52. The monoisotopic (exact) mass is 424 g/mol. The molecule has 1 amide bonds. The van der Waals surface area contributed by atoms with Crippen LogP contribution >= 0.6 is 0 Å². The lowest BCUT2D eigenvalue weighted by molar-refractivity contribution is -0.117. The van der Waals surface area contributed by atoms with Gasteiger partial charge in [0.1, 0.15) is 18.2 Å². The lowest BCUT2D eigenvalue weighted by Gasteiger charge is -2.12. The second kappa shape index (κ2) is 10.9. The molecule has 0 fully saturated rings. The largest absolute Gasteiger partial charge is 0.490 e. The van der Waals surface area contributed by atoms with E-state index in [2.05, 4.69) is 5.32 Å². The van der Waals surface area contributed by atoms with E-state index in [1.54, 1.807) is 37.4 Å². The summed E-state index contributed by atoms with van der Waals surface area (Å²) in [4.78, 5) is 12.5. The molecule has 2 aromatic carbocycles. The molecule has 1 heterocycles. The first-order valence-electron chi connectivity index (χ1n) is 9.81. The molecule has 0 radical (unpaired) electrons. The lowest BCUT2D eigenvalue weighted by atomic mass is 10.1. The predicted molar refractivity (Wildman–Crippen MR) is 113 cm³/mol. The Kier molecular flexibility index (Phi) is 7.73. The van der Waals surface area contributed by atoms with E-state index >= 15 is 0 Å². The first-order chi connectivity index (χ1) is 15.1. The van der Waals surface area contributed by atoms with Crippen LogP contribution in [0.5, 0.6) is 23.0 Å². The van der Waals surface area contributed by atoms with E-state index in [1.165, 1.54) is 6.08 Å². The van der Waals surface area contributed by atoms with Crippen LogP contribution in [-0.2, 0) is 16.1 Å². The standard InChI is InChI=1S/C23H24N2O6/c1-3-28-21-11-16(4-6-19(21)29-9-8-27-2)10-18(13-24)23(26)25-14-17-5-7-20-22(12-17)31-15-30-20/h4-7,10-12H,3,8-9,14-15H2,1-2H3,(H,25,26)/b18-10+. The number of hydrogen-bond acceptors (Lipinski definition) is 7. The number of carbonyl (C=O) groups is 1. The van der Waals surface area contributed by atoms with E-state index in [4.69, 9.17) is 23.7 Å². The highest BCUT2D eigenvalue weighted by molar-refractivity contribution is 6.01. The van der Waals surface area contributed by atoms with Crippen molar-refractivity contribution in [3.8, 4) is 29.1 Å². The van der Waals surface area contributed by atoms with Crippen molar-refractivity contribution in [3.63, 3.8) is 0 Å². The van der Waals surface area contributed by atoms with Crippen LogP contribution in [0.15, 0.2) is 42.0 Å². The number of rotatable bonds is 10.